The van der Waals surface area contributed by atoms with Crippen LogP contribution in [0, 0.1) is 0 Å². The molecule has 1 heterocycles. The molecule has 0 saturated heterocycles. The zero-order valence-electron chi connectivity index (χ0n) is 15.4. The number of fused-ring (bicyclic) bond motifs is 1. The summed E-state index contributed by atoms with van der Waals surface area (Å²) >= 11 is 12.0. The number of hydrogen-bond acceptors (Lipinski definition) is 4. The van der Waals surface area contributed by atoms with E-state index >= 15 is 0 Å². The van der Waals surface area contributed by atoms with Crippen molar-refractivity contribution in [1.82, 2.24) is 9.55 Å². The molecule has 2 aromatic carbocycles. The number of carbonyl (C=O) groups is 2. The summed E-state index contributed by atoms with van der Waals surface area (Å²) in [6.07, 6.45) is -0.326. The molecule has 8 heteroatoms. The lowest BCUT2D eigenvalue weighted by Crippen LogP contribution is -2.31. The Kier molecular flexibility index (Phi) is 6.21. The van der Waals surface area contributed by atoms with Gasteiger partial charge in [-0.25, -0.2) is 4.98 Å². The van der Waals surface area contributed by atoms with E-state index < -0.39 is 18.0 Å². The minimum absolute atomic E-state index is 0.0285. The van der Waals surface area contributed by atoms with Gasteiger partial charge in [-0.1, -0.05) is 42.3 Å². The van der Waals surface area contributed by atoms with Crippen LogP contribution in [0.1, 0.15) is 19.7 Å². The zero-order valence-corrected chi connectivity index (χ0v) is 16.9. The lowest BCUT2D eigenvalue weighted by Gasteiger charge is -2.15. The molecule has 0 aliphatic heterocycles. The Labute approximate surface area is 172 Å². The number of ether oxygens (including phenoxy) is 1. The van der Waals surface area contributed by atoms with E-state index in [1.807, 2.05) is 31.2 Å². The number of para-hydroxylation sites is 2. The number of halogens is 2. The molecule has 28 heavy (non-hydrogen) atoms. The van der Waals surface area contributed by atoms with Crippen molar-refractivity contribution in [1.29, 1.82) is 0 Å². The molecule has 0 aliphatic rings. The topological polar surface area (TPSA) is 73.2 Å². The van der Waals surface area contributed by atoms with Crippen molar-refractivity contribution in [2.45, 2.75) is 32.9 Å². The fourth-order valence-corrected chi connectivity index (χ4v) is 3.15. The number of nitrogens with zero attached hydrogens (tertiary/aromatic N) is 2. The predicted octanol–water partition coefficient (Wildman–Crippen LogP) is 4.48. The molecule has 1 unspecified atom stereocenters. The van der Waals surface area contributed by atoms with Gasteiger partial charge in [0.2, 0.25) is 0 Å². The Bertz CT molecular complexity index is 1030. The maximum atomic E-state index is 12.4. The second kappa shape index (κ2) is 8.63. The SMILES string of the molecule is CCc1nc2ccccc2n1CC(=O)OC(C)C(=O)Nc1cc(Cl)ccc1Cl. The first kappa shape index (κ1) is 20.2. The molecule has 0 saturated carbocycles. The monoisotopic (exact) mass is 419 g/mol. The third kappa shape index (κ3) is 4.46. The molecule has 0 aliphatic carbocycles. The van der Waals surface area contributed by atoms with Crippen LogP contribution in [0.15, 0.2) is 42.5 Å². The Morgan fingerprint density at radius 3 is 2.71 bits per heavy atom. The number of amides is 1. The summed E-state index contributed by atoms with van der Waals surface area (Å²) in [6, 6.07) is 12.3. The van der Waals surface area contributed by atoms with Gasteiger partial charge in [0.05, 0.1) is 21.7 Å². The van der Waals surface area contributed by atoms with E-state index in [-0.39, 0.29) is 6.54 Å². The second-order valence-electron chi connectivity index (χ2n) is 6.20. The van der Waals surface area contributed by atoms with Crippen LogP contribution in [0.2, 0.25) is 10.0 Å². The van der Waals surface area contributed by atoms with Gasteiger partial charge in [0, 0.05) is 11.4 Å². The fourth-order valence-electron chi connectivity index (χ4n) is 2.82. The van der Waals surface area contributed by atoms with E-state index in [2.05, 4.69) is 10.3 Å². The first-order chi connectivity index (χ1) is 13.4. The molecule has 1 N–H and O–H groups in total. The lowest BCUT2D eigenvalue weighted by atomic mass is 10.3. The highest BCUT2D eigenvalue weighted by molar-refractivity contribution is 6.35. The van der Waals surface area contributed by atoms with Gasteiger partial charge in [0.15, 0.2) is 6.10 Å². The van der Waals surface area contributed by atoms with Crippen molar-refractivity contribution in [2.24, 2.45) is 0 Å². The van der Waals surface area contributed by atoms with Crippen LogP contribution in [0.3, 0.4) is 0 Å². The molecule has 1 amide bonds. The minimum atomic E-state index is -0.998. The summed E-state index contributed by atoms with van der Waals surface area (Å²) < 4.78 is 7.10. The molecular weight excluding hydrogens is 401 g/mol. The normalized spacial score (nSPS) is 12.0. The number of carbonyl (C=O) groups excluding carboxylic acids is 2. The van der Waals surface area contributed by atoms with E-state index in [1.54, 1.807) is 16.7 Å². The van der Waals surface area contributed by atoms with Crippen LogP contribution in [0.25, 0.3) is 11.0 Å². The number of nitrogens with one attached hydrogen (secondary N) is 1. The highest BCUT2D eigenvalue weighted by atomic mass is 35.5. The Hall–Kier alpha value is -2.57. The smallest absolute Gasteiger partial charge is 0.326 e. The molecule has 0 radical (unpaired) electrons. The summed E-state index contributed by atoms with van der Waals surface area (Å²) in [4.78, 5) is 29.3. The van der Waals surface area contributed by atoms with Gasteiger partial charge in [0.25, 0.3) is 5.91 Å². The number of rotatable bonds is 6. The molecule has 1 atom stereocenters. The Balaban J connectivity index is 1.68. The van der Waals surface area contributed by atoms with Gasteiger partial charge >= 0.3 is 5.97 Å². The maximum Gasteiger partial charge on any atom is 0.326 e. The largest absolute Gasteiger partial charge is 0.451 e. The van der Waals surface area contributed by atoms with Crippen molar-refractivity contribution in [3.63, 3.8) is 0 Å². The molecule has 146 valence electrons. The summed E-state index contributed by atoms with van der Waals surface area (Å²) in [5.41, 5.74) is 2.02. The van der Waals surface area contributed by atoms with E-state index in [9.17, 15) is 9.59 Å². The first-order valence-corrected chi connectivity index (χ1v) is 9.54. The van der Waals surface area contributed by atoms with Gasteiger partial charge < -0.3 is 14.6 Å². The number of aryl methyl sites for hydroxylation is 1. The summed E-state index contributed by atoms with van der Waals surface area (Å²) in [5, 5.41) is 3.39. The van der Waals surface area contributed by atoms with Crippen LogP contribution < -0.4 is 5.32 Å². The van der Waals surface area contributed by atoms with Crippen molar-refractivity contribution >= 4 is 51.8 Å². The van der Waals surface area contributed by atoms with E-state index in [0.29, 0.717) is 22.2 Å². The Morgan fingerprint density at radius 2 is 1.96 bits per heavy atom. The van der Waals surface area contributed by atoms with Crippen LogP contribution in [-0.2, 0) is 27.3 Å². The number of imidazole rings is 1. The minimum Gasteiger partial charge on any atom is -0.451 e. The quantitative estimate of drug-likeness (QED) is 0.597. The molecule has 3 aromatic rings. The second-order valence-corrected chi connectivity index (χ2v) is 7.05. The van der Waals surface area contributed by atoms with Gasteiger partial charge in [-0.3, -0.25) is 9.59 Å². The third-order valence-electron chi connectivity index (χ3n) is 4.20. The average molecular weight is 420 g/mol. The third-order valence-corrected chi connectivity index (χ3v) is 4.77. The number of benzene rings is 2. The molecule has 0 fully saturated rings. The summed E-state index contributed by atoms with van der Waals surface area (Å²) in [7, 11) is 0. The fraction of sp³-hybridized carbons (Fsp3) is 0.250. The van der Waals surface area contributed by atoms with E-state index in [4.69, 9.17) is 27.9 Å². The van der Waals surface area contributed by atoms with Crippen molar-refractivity contribution in [3.05, 3.63) is 58.3 Å². The van der Waals surface area contributed by atoms with Gasteiger partial charge in [-0.2, -0.15) is 0 Å². The molecule has 6 nitrogen and oxygen atoms in total. The summed E-state index contributed by atoms with van der Waals surface area (Å²) in [5.74, 6) is -0.248. The van der Waals surface area contributed by atoms with Crippen LogP contribution >= 0.6 is 23.2 Å². The van der Waals surface area contributed by atoms with Crippen LogP contribution in [0.4, 0.5) is 5.69 Å². The molecular formula is C20H19Cl2N3O3. The molecule has 1 aromatic heterocycles. The van der Waals surface area contributed by atoms with Gasteiger partial charge in [0.1, 0.15) is 12.4 Å². The van der Waals surface area contributed by atoms with Crippen LogP contribution in [-0.4, -0.2) is 27.5 Å². The highest BCUT2D eigenvalue weighted by Gasteiger charge is 2.20. The number of hydrogen-bond donors (Lipinski definition) is 1. The van der Waals surface area contributed by atoms with Crippen molar-refractivity contribution in [3.8, 4) is 0 Å². The first-order valence-electron chi connectivity index (χ1n) is 8.78. The van der Waals surface area contributed by atoms with E-state index in [0.717, 1.165) is 16.9 Å². The van der Waals surface area contributed by atoms with Gasteiger partial charge in [-0.15, -0.1) is 0 Å². The summed E-state index contributed by atoms with van der Waals surface area (Å²) in [6.45, 7) is 3.44. The zero-order chi connectivity index (χ0) is 20.3. The number of anilines is 1. The standard InChI is InChI=1S/C20H19Cl2N3O3/c1-3-18-23-15-6-4-5-7-17(15)25(18)11-19(26)28-12(2)20(27)24-16-10-13(21)8-9-14(16)22/h4-10,12H,3,11H2,1-2H3,(H,24,27). The predicted molar refractivity (Wildman–Crippen MR) is 110 cm³/mol. The van der Waals surface area contributed by atoms with E-state index in [1.165, 1.54) is 13.0 Å². The number of aromatic nitrogens is 2. The van der Waals surface area contributed by atoms with Crippen molar-refractivity contribution in [2.75, 3.05) is 5.32 Å². The Morgan fingerprint density at radius 1 is 1.21 bits per heavy atom. The number of esters is 1. The maximum absolute atomic E-state index is 12.4. The molecule has 0 bridgehead atoms. The highest BCUT2D eigenvalue weighted by Crippen LogP contribution is 2.25. The lowest BCUT2D eigenvalue weighted by molar-refractivity contribution is -0.153. The van der Waals surface area contributed by atoms with Crippen molar-refractivity contribution < 1.29 is 14.3 Å². The van der Waals surface area contributed by atoms with Gasteiger partial charge in [-0.05, 0) is 37.3 Å². The average Bonchev–Trinajstić information content (AvgIpc) is 3.02. The van der Waals surface area contributed by atoms with Crippen LogP contribution in [0.5, 0.6) is 0 Å². The molecule has 0 spiro atoms. The molecule has 3 rings (SSSR count).